The van der Waals surface area contributed by atoms with Crippen LogP contribution in [0.1, 0.15) is 37.0 Å². The molecule has 144 valence electrons. The van der Waals surface area contributed by atoms with E-state index in [1.165, 1.54) is 17.2 Å². The van der Waals surface area contributed by atoms with E-state index in [1.54, 1.807) is 12.1 Å². The molecule has 1 saturated heterocycles. The summed E-state index contributed by atoms with van der Waals surface area (Å²) >= 11 is 0. The van der Waals surface area contributed by atoms with Crippen LogP contribution in [0.5, 0.6) is 0 Å². The number of aryl methyl sites for hydroxylation is 1. The van der Waals surface area contributed by atoms with Gasteiger partial charge in [0.05, 0.1) is 4.92 Å². The van der Waals surface area contributed by atoms with Crippen LogP contribution in [0.2, 0.25) is 0 Å². The lowest BCUT2D eigenvalue weighted by atomic mass is 9.74. The summed E-state index contributed by atoms with van der Waals surface area (Å²) in [5.74, 6) is 0.0116. The van der Waals surface area contributed by atoms with Gasteiger partial charge in [0.1, 0.15) is 5.66 Å². The highest BCUT2D eigenvalue weighted by Gasteiger charge is 2.57. The molecule has 1 amide bonds. The predicted octanol–water partition coefficient (Wildman–Crippen LogP) is 3.93. The van der Waals surface area contributed by atoms with Crippen molar-refractivity contribution in [3.05, 3.63) is 75.3 Å². The van der Waals surface area contributed by atoms with Crippen LogP contribution in [-0.2, 0) is 10.2 Å². The van der Waals surface area contributed by atoms with Gasteiger partial charge in [-0.05, 0) is 30.2 Å². The molecule has 2 aromatic carbocycles. The lowest BCUT2D eigenvalue weighted by molar-refractivity contribution is -0.384. The minimum absolute atomic E-state index is 0.0116. The highest BCUT2D eigenvalue weighted by atomic mass is 16.6. The van der Waals surface area contributed by atoms with Crippen molar-refractivity contribution in [2.45, 2.75) is 38.3 Å². The molecule has 2 heterocycles. The van der Waals surface area contributed by atoms with Gasteiger partial charge in [-0.2, -0.15) is 0 Å². The molecule has 6 heteroatoms. The van der Waals surface area contributed by atoms with E-state index in [1.807, 2.05) is 18.2 Å². The van der Waals surface area contributed by atoms with E-state index >= 15 is 0 Å². The smallest absolute Gasteiger partial charge is 0.270 e. The van der Waals surface area contributed by atoms with Gasteiger partial charge in [0, 0.05) is 36.2 Å². The highest BCUT2D eigenvalue weighted by Crippen LogP contribution is 2.52. The Hall–Kier alpha value is -3.15. The molecular weight excluding hydrogens is 354 g/mol. The standard InChI is InChI=1S/C22H23N3O3/c1-15-7-8-19-18(13-15)21(2,3)22(23-20(26)10-12-24(19)22)11-9-16-5-4-6-17(14-16)25(27)28/h4-9,11,13-14H,10,12H2,1-3H3,(H,23,26). The van der Waals surface area contributed by atoms with E-state index in [4.69, 9.17) is 0 Å². The molecule has 1 atom stereocenters. The Morgan fingerprint density at radius 2 is 2.00 bits per heavy atom. The first-order chi connectivity index (χ1) is 13.2. The van der Waals surface area contributed by atoms with Gasteiger partial charge in [-0.25, -0.2) is 0 Å². The molecule has 4 rings (SSSR count). The maximum absolute atomic E-state index is 12.4. The van der Waals surface area contributed by atoms with Crippen LogP contribution in [0, 0.1) is 17.0 Å². The van der Waals surface area contributed by atoms with Crippen LogP contribution in [0.4, 0.5) is 11.4 Å². The van der Waals surface area contributed by atoms with Gasteiger partial charge in [-0.3, -0.25) is 14.9 Å². The zero-order chi connectivity index (χ0) is 20.1. The van der Waals surface area contributed by atoms with Crippen LogP contribution in [0.25, 0.3) is 6.08 Å². The van der Waals surface area contributed by atoms with Gasteiger partial charge < -0.3 is 10.2 Å². The van der Waals surface area contributed by atoms with Crippen molar-refractivity contribution < 1.29 is 9.72 Å². The Morgan fingerprint density at radius 3 is 2.75 bits per heavy atom. The summed E-state index contributed by atoms with van der Waals surface area (Å²) in [6.45, 7) is 6.96. The van der Waals surface area contributed by atoms with Crippen LogP contribution in [0.3, 0.4) is 0 Å². The highest BCUT2D eigenvalue weighted by molar-refractivity contribution is 5.84. The number of nitrogens with zero attached hydrogens (tertiary/aromatic N) is 2. The van der Waals surface area contributed by atoms with Crippen molar-refractivity contribution in [3.8, 4) is 0 Å². The predicted molar refractivity (Wildman–Crippen MR) is 109 cm³/mol. The van der Waals surface area contributed by atoms with Crippen molar-refractivity contribution >= 4 is 23.4 Å². The second-order valence-corrected chi connectivity index (χ2v) is 8.05. The second-order valence-electron chi connectivity index (χ2n) is 8.05. The summed E-state index contributed by atoms with van der Waals surface area (Å²) in [5.41, 5.74) is 3.18. The number of carbonyl (C=O) groups excluding carboxylic acids is 1. The third-order valence-electron chi connectivity index (χ3n) is 5.99. The van der Waals surface area contributed by atoms with Crippen molar-refractivity contribution in [2.75, 3.05) is 11.4 Å². The first kappa shape index (κ1) is 18.2. The zero-order valence-corrected chi connectivity index (χ0v) is 16.2. The average molecular weight is 377 g/mol. The average Bonchev–Trinajstić information content (AvgIpc) is 2.84. The Bertz CT molecular complexity index is 1010. The largest absolute Gasteiger partial charge is 0.344 e. The molecule has 0 saturated carbocycles. The fraction of sp³-hybridized carbons (Fsp3) is 0.318. The normalized spacial score (nSPS) is 22.7. The molecule has 2 aliphatic rings. The van der Waals surface area contributed by atoms with Crippen molar-refractivity contribution in [2.24, 2.45) is 0 Å². The third kappa shape index (κ3) is 2.59. The fourth-order valence-electron chi connectivity index (χ4n) is 4.43. The third-order valence-corrected chi connectivity index (χ3v) is 5.99. The van der Waals surface area contributed by atoms with Gasteiger partial charge >= 0.3 is 0 Å². The number of nitrogens with one attached hydrogen (secondary N) is 1. The number of benzene rings is 2. The number of hydrogen-bond acceptors (Lipinski definition) is 4. The number of nitro benzene ring substituents is 1. The molecule has 1 unspecified atom stereocenters. The molecule has 2 aromatic rings. The molecule has 0 bridgehead atoms. The number of anilines is 1. The summed E-state index contributed by atoms with van der Waals surface area (Å²) < 4.78 is 0. The molecule has 28 heavy (non-hydrogen) atoms. The van der Waals surface area contributed by atoms with E-state index in [0.717, 1.165) is 11.3 Å². The molecule has 6 nitrogen and oxygen atoms in total. The monoisotopic (exact) mass is 377 g/mol. The maximum Gasteiger partial charge on any atom is 0.270 e. The van der Waals surface area contributed by atoms with Gasteiger partial charge in [-0.1, -0.05) is 49.8 Å². The maximum atomic E-state index is 12.4. The lowest BCUT2D eigenvalue weighted by Gasteiger charge is -2.49. The summed E-state index contributed by atoms with van der Waals surface area (Å²) in [6.07, 6.45) is 4.29. The molecule has 2 aliphatic heterocycles. The van der Waals surface area contributed by atoms with Gasteiger partial charge in [0.2, 0.25) is 5.91 Å². The van der Waals surface area contributed by atoms with Crippen LogP contribution >= 0.6 is 0 Å². The fourth-order valence-corrected chi connectivity index (χ4v) is 4.43. The quantitative estimate of drug-likeness (QED) is 0.650. The molecule has 1 fully saturated rings. The Morgan fingerprint density at radius 1 is 1.21 bits per heavy atom. The SMILES string of the molecule is Cc1ccc2c(c1)C(C)(C)C1(C=Cc3cccc([N+](=O)[O-])c3)NC(=O)CCN21. The number of fused-ring (bicyclic) bond motifs is 3. The zero-order valence-electron chi connectivity index (χ0n) is 16.2. The summed E-state index contributed by atoms with van der Waals surface area (Å²) in [5, 5.41) is 14.3. The Balaban J connectivity index is 1.83. The second kappa shape index (κ2) is 6.19. The molecule has 0 spiro atoms. The Labute approximate surface area is 164 Å². The molecule has 0 aromatic heterocycles. The van der Waals surface area contributed by atoms with Crippen LogP contribution in [0.15, 0.2) is 48.5 Å². The minimum atomic E-state index is -0.719. The number of amides is 1. The number of hydrogen-bond donors (Lipinski definition) is 1. The van der Waals surface area contributed by atoms with E-state index in [0.29, 0.717) is 13.0 Å². The van der Waals surface area contributed by atoms with Gasteiger partial charge in [-0.15, -0.1) is 0 Å². The van der Waals surface area contributed by atoms with Crippen molar-refractivity contribution in [1.29, 1.82) is 0 Å². The number of nitro groups is 1. The number of rotatable bonds is 3. The van der Waals surface area contributed by atoms with E-state index in [9.17, 15) is 14.9 Å². The van der Waals surface area contributed by atoms with Crippen LogP contribution in [-0.4, -0.2) is 23.0 Å². The number of carbonyl (C=O) groups is 1. The molecule has 1 N–H and O–H groups in total. The topological polar surface area (TPSA) is 75.5 Å². The van der Waals surface area contributed by atoms with Crippen molar-refractivity contribution in [1.82, 2.24) is 5.32 Å². The summed E-state index contributed by atoms with van der Waals surface area (Å²) in [6, 6.07) is 12.9. The first-order valence-corrected chi connectivity index (χ1v) is 9.38. The summed E-state index contributed by atoms with van der Waals surface area (Å²) in [7, 11) is 0. The van der Waals surface area contributed by atoms with E-state index < -0.39 is 10.6 Å². The minimum Gasteiger partial charge on any atom is -0.344 e. The van der Waals surface area contributed by atoms with Gasteiger partial charge in [0.15, 0.2) is 0 Å². The molecular formula is C22H23N3O3. The van der Waals surface area contributed by atoms with E-state index in [2.05, 4.69) is 49.2 Å². The first-order valence-electron chi connectivity index (χ1n) is 9.38. The van der Waals surface area contributed by atoms with Crippen molar-refractivity contribution in [3.63, 3.8) is 0 Å². The lowest BCUT2D eigenvalue weighted by Crippen LogP contribution is -2.68. The Kier molecular flexibility index (Phi) is 4.03. The number of non-ortho nitro benzene ring substituents is 1. The molecule has 0 radical (unpaired) electrons. The van der Waals surface area contributed by atoms with Crippen LogP contribution < -0.4 is 10.2 Å². The molecule has 0 aliphatic carbocycles. The van der Waals surface area contributed by atoms with Gasteiger partial charge in [0.25, 0.3) is 5.69 Å². The van der Waals surface area contributed by atoms with E-state index in [-0.39, 0.29) is 17.0 Å². The summed E-state index contributed by atoms with van der Waals surface area (Å²) in [4.78, 5) is 25.3.